The summed E-state index contributed by atoms with van der Waals surface area (Å²) < 4.78 is 4.65. The van der Waals surface area contributed by atoms with Gasteiger partial charge in [-0.1, -0.05) is 48.5 Å². The van der Waals surface area contributed by atoms with Crippen LogP contribution >= 0.6 is 0 Å². The van der Waals surface area contributed by atoms with Crippen molar-refractivity contribution in [3.8, 4) is 0 Å². The first kappa shape index (κ1) is 36.6. The Hall–Kier alpha value is -8.21. The Morgan fingerprint density at radius 3 is 0.982 bits per heavy atom. The fourth-order valence-electron chi connectivity index (χ4n) is 4.75. The lowest BCUT2D eigenvalue weighted by molar-refractivity contribution is 0.0593. The molecule has 0 saturated carbocycles. The van der Waals surface area contributed by atoms with Crippen LogP contribution in [0.3, 0.4) is 0 Å². The van der Waals surface area contributed by atoms with Gasteiger partial charge in [-0.3, -0.25) is 24.0 Å². The summed E-state index contributed by atoms with van der Waals surface area (Å²) in [6.45, 7) is 0. The SMILES string of the molecule is COC(=O)c1cccc(NC(=O)c2cccc(NC(=O)c3cccc(NC(=O)c4cccc(NC(=O)c5cccc(NC(=O)c6ccccc6)n5)n4)n3)n2)n1. The van der Waals surface area contributed by atoms with Crippen LogP contribution in [0, 0.1) is 0 Å². The van der Waals surface area contributed by atoms with Gasteiger partial charge in [-0.05, 0) is 72.8 Å². The molecular formula is C38H28N10O7. The number of amides is 5. The monoisotopic (exact) mass is 736 g/mol. The zero-order valence-corrected chi connectivity index (χ0v) is 28.6. The summed E-state index contributed by atoms with van der Waals surface area (Å²) in [5.41, 5.74) is 0.206. The first-order chi connectivity index (χ1) is 26.6. The lowest BCUT2D eigenvalue weighted by Gasteiger charge is -2.10. The van der Waals surface area contributed by atoms with E-state index in [4.69, 9.17) is 0 Å². The zero-order chi connectivity index (χ0) is 38.7. The molecule has 6 rings (SSSR count). The van der Waals surface area contributed by atoms with E-state index in [1.54, 1.807) is 42.5 Å². The number of nitrogens with one attached hydrogen (secondary N) is 5. The number of carbonyl (C=O) groups is 6. The summed E-state index contributed by atoms with van der Waals surface area (Å²) in [5.74, 6) is -3.36. The van der Waals surface area contributed by atoms with Crippen molar-refractivity contribution in [3.63, 3.8) is 0 Å². The quantitative estimate of drug-likeness (QED) is 0.114. The molecule has 55 heavy (non-hydrogen) atoms. The molecule has 0 fully saturated rings. The van der Waals surface area contributed by atoms with Crippen LogP contribution in [-0.2, 0) is 4.74 Å². The van der Waals surface area contributed by atoms with Crippen molar-refractivity contribution in [1.82, 2.24) is 24.9 Å². The Labute approximate surface area is 311 Å². The van der Waals surface area contributed by atoms with E-state index < -0.39 is 35.5 Å². The fourth-order valence-corrected chi connectivity index (χ4v) is 4.75. The molecule has 0 saturated heterocycles. The van der Waals surface area contributed by atoms with Crippen molar-refractivity contribution in [2.24, 2.45) is 0 Å². The minimum absolute atomic E-state index is 0.00154. The molecule has 5 aromatic heterocycles. The third-order valence-electron chi connectivity index (χ3n) is 7.31. The maximum Gasteiger partial charge on any atom is 0.356 e. The van der Waals surface area contributed by atoms with Gasteiger partial charge in [-0.2, -0.15) is 0 Å². The van der Waals surface area contributed by atoms with Gasteiger partial charge in [0.15, 0.2) is 5.69 Å². The first-order valence-corrected chi connectivity index (χ1v) is 16.2. The van der Waals surface area contributed by atoms with Crippen LogP contribution in [0.2, 0.25) is 0 Å². The third kappa shape index (κ3) is 9.57. The van der Waals surface area contributed by atoms with Crippen LogP contribution in [0.4, 0.5) is 29.1 Å². The number of rotatable bonds is 11. The average molecular weight is 737 g/mol. The minimum atomic E-state index is -0.686. The van der Waals surface area contributed by atoms with E-state index in [0.29, 0.717) is 5.56 Å². The number of nitrogens with zero attached hydrogens (tertiary/aromatic N) is 5. The molecule has 0 atom stereocenters. The topological polar surface area (TPSA) is 236 Å². The molecule has 0 unspecified atom stereocenters. The number of ether oxygens (including phenoxy) is 1. The number of hydrogen-bond donors (Lipinski definition) is 5. The van der Waals surface area contributed by atoms with E-state index in [1.807, 2.05) is 0 Å². The minimum Gasteiger partial charge on any atom is -0.464 e. The molecule has 0 radical (unpaired) electrons. The normalized spacial score (nSPS) is 10.3. The number of carbonyl (C=O) groups excluding carboxylic acids is 6. The van der Waals surface area contributed by atoms with Crippen molar-refractivity contribution in [1.29, 1.82) is 0 Å². The maximum absolute atomic E-state index is 13.1. The Morgan fingerprint density at radius 1 is 0.364 bits per heavy atom. The lowest BCUT2D eigenvalue weighted by Crippen LogP contribution is -2.20. The zero-order valence-electron chi connectivity index (χ0n) is 28.6. The second-order valence-corrected chi connectivity index (χ2v) is 11.2. The highest BCUT2D eigenvalue weighted by Crippen LogP contribution is 2.15. The van der Waals surface area contributed by atoms with Gasteiger partial charge in [-0.15, -0.1) is 0 Å². The van der Waals surface area contributed by atoms with E-state index in [0.717, 1.165) is 0 Å². The van der Waals surface area contributed by atoms with Crippen LogP contribution in [0.1, 0.15) is 62.8 Å². The molecule has 17 heteroatoms. The fraction of sp³-hybridized carbons (Fsp3) is 0.0263. The predicted octanol–water partition coefficient (Wildman–Crippen LogP) is 4.71. The summed E-state index contributed by atoms with van der Waals surface area (Å²) in [7, 11) is 1.21. The van der Waals surface area contributed by atoms with E-state index in [2.05, 4.69) is 56.2 Å². The van der Waals surface area contributed by atoms with Crippen LogP contribution in [0.25, 0.3) is 0 Å². The first-order valence-electron chi connectivity index (χ1n) is 16.2. The second kappa shape index (κ2) is 16.9. The highest BCUT2D eigenvalue weighted by molar-refractivity contribution is 6.07. The van der Waals surface area contributed by atoms with Crippen LogP contribution in [0.15, 0.2) is 121 Å². The highest BCUT2D eigenvalue weighted by atomic mass is 16.5. The average Bonchev–Trinajstić information content (AvgIpc) is 3.21. The molecule has 0 aliphatic carbocycles. The van der Waals surface area contributed by atoms with Gasteiger partial charge in [0.2, 0.25) is 0 Å². The number of pyridine rings is 5. The van der Waals surface area contributed by atoms with E-state index in [9.17, 15) is 28.8 Å². The number of anilines is 5. The molecule has 0 bridgehead atoms. The molecule has 0 spiro atoms. The maximum atomic E-state index is 13.1. The van der Waals surface area contributed by atoms with E-state index >= 15 is 0 Å². The van der Waals surface area contributed by atoms with E-state index in [1.165, 1.54) is 86.0 Å². The molecule has 1 aromatic carbocycles. The van der Waals surface area contributed by atoms with Gasteiger partial charge >= 0.3 is 5.97 Å². The molecule has 0 aliphatic rings. The Bertz CT molecular complexity index is 2440. The van der Waals surface area contributed by atoms with Crippen LogP contribution in [0.5, 0.6) is 0 Å². The molecule has 5 heterocycles. The van der Waals surface area contributed by atoms with E-state index in [-0.39, 0.29) is 57.6 Å². The van der Waals surface area contributed by atoms with Crippen molar-refractivity contribution >= 4 is 64.6 Å². The summed E-state index contributed by atoms with van der Waals surface area (Å²) >= 11 is 0. The molecule has 5 amide bonds. The summed E-state index contributed by atoms with van der Waals surface area (Å²) in [5, 5.41) is 12.9. The van der Waals surface area contributed by atoms with Crippen molar-refractivity contribution in [3.05, 3.63) is 155 Å². The van der Waals surface area contributed by atoms with Crippen molar-refractivity contribution < 1.29 is 33.5 Å². The molecule has 272 valence electrons. The Balaban J connectivity index is 1.06. The number of methoxy groups -OCH3 is 1. The highest BCUT2D eigenvalue weighted by Gasteiger charge is 2.17. The molecule has 6 aromatic rings. The summed E-state index contributed by atoms with van der Waals surface area (Å²) in [6.07, 6.45) is 0. The van der Waals surface area contributed by atoms with Gasteiger partial charge < -0.3 is 31.3 Å². The Kier molecular flexibility index (Phi) is 11.2. The lowest BCUT2D eigenvalue weighted by atomic mass is 10.2. The van der Waals surface area contributed by atoms with Crippen LogP contribution < -0.4 is 26.6 Å². The standard InChI is InChI=1S/C38H28N10O7/c1-55-38(54)27-16-9-21-32(43-27)48-37(53)26-15-8-20-31(42-26)47-36(52)25-14-7-19-30(41-25)46-35(51)24-13-6-18-29(40-24)45-34(50)23-12-5-17-28(39-23)44-33(49)22-10-3-2-4-11-22/h2-21H,1H3,(H,39,44,49)(H,40,45,50)(H,41,46,51)(H,42,47,52)(H,43,48,53). The number of esters is 1. The smallest absolute Gasteiger partial charge is 0.356 e. The Morgan fingerprint density at radius 2 is 0.655 bits per heavy atom. The molecule has 17 nitrogen and oxygen atoms in total. The number of benzene rings is 1. The van der Waals surface area contributed by atoms with Gasteiger partial charge in [0, 0.05) is 5.56 Å². The second-order valence-electron chi connectivity index (χ2n) is 11.2. The molecular weight excluding hydrogens is 708 g/mol. The number of hydrogen-bond acceptors (Lipinski definition) is 12. The molecule has 0 aliphatic heterocycles. The third-order valence-corrected chi connectivity index (χ3v) is 7.31. The van der Waals surface area contributed by atoms with Gasteiger partial charge in [0.25, 0.3) is 29.5 Å². The van der Waals surface area contributed by atoms with Crippen molar-refractivity contribution in [2.45, 2.75) is 0 Å². The number of aromatic nitrogens is 5. The van der Waals surface area contributed by atoms with Gasteiger partial charge in [-0.25, -0.2) is 29.7 Å². The van der Waals surface area contributed by atoms with Gasteiger partial charge in [0.1, 0.15) is 51.9 Å². The van der Waals surface area contributed by atoms with Crippen molar-refractivity contribution in [2.75, 3.05) is 33.7 Å². The summed E-state index contributed by atoms with van der Waals surface area (Å²) in [4.78, 5) is 97.1. The largest absolute Gasteiger partial charge is 0.464 e. The predicted molar refractivity (Wildman–Crippen MR) is 199 cm³/mol. The van der Waals surface area contributed by atoms with Gasteiger partial charge in [0.05, 0.1) is 7.11 Å². The molecule has 5 N–H and O–H groups in total. The van der Waals surface area contributed by atoms with Crippen LogP contribution in [-0.4, -0.2) is 67.5 Å². The summed E-state index contributed by atoms with van der Waals surface area (Å²) in [6, 6.07) is 30.7.